The lowest BCUT2D eigenvalue weighted by atomic mass is 9.91. The van der Waals surface area contributed by atoms with E-state index < -0.39 is 0 Å². The molecule has 1 aromatic rings. The normalized spacial score (nSPS) is 25.1. The zero-order valence-electron chi connectivity index (χ0n) is 11.5. The van der Waals surface area contributed by atoms with Crippen molar-refractivity contribution in [1.82, 2.24) is 5.32 Å². The molecule has 100 valence electrons. The van der Waals surface area contributed by atoms with Gasteiger partial charge in [0.25, 0.3) is 0 Å². The van der Waals surface area contributed by atoms with Gasteiger partial charge < -0.3 is 14.8 Å². The van der Waals surface area contributed by atoms with E-state index in [9.17, 15) is 0 Å². The van der Waals surface area contributed by atoms with Crippen LogP contribution in [-0.4, -0.2) is 26.4 Å². The molecule has 3 unspecified atom stereocenters. The molecule has 0 radical (unpaired) electrons. The predicted octanol–water partition coefficient (Wildman–Crippen LogP) is 2.77. The molecule has 2 rings (SSSR count). The molecule has 1 heterocycles. The summed E-state index contributed by atoms with van der Waals surface area (Å²) in [6, 6.07) is 8.68. The Morgan fingerprint density at radius 2 is 2.33 bits per heavy atom. The molecule has 3 nitrogen and oxygen atoms in total. The number of hydrogen-bond acceptors (Lipinski definition) is 3. The highest BCUT2D eigenvalue weighted by Gasteiger charge is 2.30. The minimum Gasteiger partial charge on any atom is -0.497 e. The molecule has 1 saturated heterocycles. The van der Waals surface area contributed by atoms with Crippen LogP contribution in [0.25, 0.3) is 0 Å². The molecule has 0 saturated carbocycles. The summed E-state index contributed by atoms with van der Waals surface area (Å²) in [6.07, 6.45) is 1.50. The fraction of sp³-hybridized carbons (Fsp3) is 0.600. The van der Waals surface area contributed by atoms with Crippen LogP contribution in [0.3, 0.4) is 0 Å². The highest BCUT2D eigenvalue weighted by molar-refractivity contribution is 5.31. The van der Waals surface area contributed by atoms with E-state index in [1.165, 1.54) is 5.56 Å². The van der Waals surface area contributed by atoms with Gasteiger partial charge in [-0.1, -0.05) is 19.1 Å². The van der Waals surface area contributed by atoms with Gasteiger partial charge in [0.05, 0.1) is 19.8 Å². The van der Waals surface area contributed by atoms with Crippen molar-refractivity contribution < 1.29 is 9.47 Å². The number of methoxy groups -OCH3 is 1. The summed E-state index contributed by atoms with van der Waals surface area (Å²) in [5.41, 5.74) is 1.29. The van der Waals surface area contributed by atoms with Crippen LogP contribution < -0.4 is 10.1 Å². The quantitative estimate of drug-likeness (QED) is 0.870. The maximum Gasteiger partial charge on any atom is 0.119 e. The summed E-state index contributed by atoms with van der Waals surface area (Å²) in [5.74, 6) is 1.47. The molecule has 1 fully saturated rings. The van der Waals surface area contributed by atoms with Crippen molar-refractivity contribution in [1.29, 1.82) is 0 Å². The second-order valence-corrected chi connectivity index (χ2v) is 4.95. The average molecular weight is 249 g/mol. The lowest BCUT2D eigenvalue weighted by molar-refractivity contribution is 0.117. The number of nitrogens with one attached hydrogen (secondary N) is 1. The molecule has 0 spiro atoms. The predicted molar refractivity (Wildman–Crippen MR) is 72.9 cm³/mol. The molecule has 3 heteroatoms. The van der Waals surface area contributed by atoms with E-state index in [1.807, 2.05) is 6.07 Å². The zero-order valence-corrected chi connectivity index (χ0v) is 11.5. The molecule has 1 aromatic carbocycles. The van der Waals surface area contributed by atoms with E-state index in [-0.39, 0.29) is 0 Å². The molecular formula is C15H23NO2. The fourth-order valence-electron chi connectivity index (χ4n) is 2.69. The summed E-state index contributed by atoms with van der Waals surface area (Å²) in [6.45, 7) is 6.10. The van der Waals surface area contributed by atoms with Gasteiger partial charge in [0.2, 0.25) is 0 Å². The van der Waals surface area contributed by atoms with Gasteiger partial charge in [-0.05, 0) is 37.6 Å². The SMILES string of the molecule is CCNC(c1cccc(OC)c1)C1COC(C)C1. The molecule has 1 aliphatic heterocycles. The largest absolute Gasteiger partial charge is 0.497 e. The van der Waals surface area contributed by atoms with Crippen molar-refractivity contribution in [2.24, 2.45) is 5.92 Å². The Morgan fingerprint density at radius 1 is 1.50 bits per heavy atom. The van der Waals surface area contributed by atoms with Gasteiger partial charge in [-0.3, -0.25) is 0 Å². The molecule has 1 N–H and O–H groups in total. The van der Waals surface area contributed by atoms with Crippen LogP contribution in [-0.2, 0) is 4.74 Å². The van der Waals surface area contributed by atoms with Crippen molar-refractivity contribution in [2.75, 3.05) is 20.3 Å². The Morgan fingerprint density at radius 3 is 2.94 bits per heavy atom. The maximum atomic E-state index is 5.70. The summed E-state index contributed by atoms with van der Waals surface area (Å²) in [5, 5.41) is 3.58. The van der Waals surface area contributed by atoms with E-state index in [2.05, 4.69) is 37.4 Å². The van der Waals surface area contributed by atoms with Gasteiger partial charge in [-0.25, -0.2) is 0 Å². The number of rotatable bonds is 5. The first-order chi connectivity index (χ1) is 8.74. The second kappa shape index (κ2) is 6.21. The zero-order chi connectivity index (χ0) is 13.0. The highest BCUT2D eigenvalue weighted by Crippen LogP contribution is 2.32. The molecular weight excluding hydrogens is 226 g/mol. The smallest absolute Gasteiger partial charge is 0.119 e. The second-order valence-electron chi connectivity index (χ2n) is 4.95. The van der Waals surface area contributed by atoms with Gasteiger partial charge in [-0.2, -0.15) is 0 Å². The van der Waals surface area contributed by atoms with Gasteiger partial charge >= 0.3 is 0 Å². The third kappa shape index (κ3) is 3.03. The molecule has 0 amide bonds. The third-order valence-corrected chi connectivity index (χ3v) is 3.58. The number of hydrogen-bond donors (Lipinski definition) is 1. The number of ether oxygens (including phenoxy) is 2. The summed E-state index contributed by atoms with van der Waals surface area (Å²) in [4.78, 5) is 0. The van der Waals surface area contributed by atoms with Crippen LogP contribution in [0.2, 0.25) is 0 Å². The number of benzene rings is 1. The van der Waals surface area contributed by atoms with E-state index in [0.717, 1.165) is 25.3 Å². The Balaban J connectivity index is 2.17. The van der Waals surface area contributed by atoms with Crippen LogP contribution in [0, 0.1) is 5.92 Å². The standard InChI is InChI=1S/C15H23NO2/c1-4-16-15(13-8-11(2)18-10-13)12-6-5-7-14(9-12)17-3/h5-7,9,11,13,15-16H,4,8,10H2,1-3H3. The third-order valence-electron chi connectivity index (χ3n) is 3.58. The van der Waals surface area contributed by atoms with Crippen molar-refractivity contribution >= 4 is 0 Å². The van der Waals surface area contributed by atoms with Crippen LogP contribution in [0.1, 0.15) is 31.9 Å². The summed E-state index contributed by atoms with van der Waals surface area (Å²) in [7, 11) is 1.71. The van der Waals surface area contributed by atoms with E-state index in [4.69, 9.17) is 9.47 Å². The van der Waals surface area contributed by atoms with Crippen molar-refractivity contribution in [3.05, 3.63) is 29.8 Å². The van der Waals surface area contributed by atoms with Crippen molar-refractivity contribution in [3.63, 3.8) is 0 Å². The fourth-order valence-corrected chi connectivity index (χ4v) is 2.69. The monoisotopic (exact) mass is 249 g/mol. The van der Waals surface area contributed by atoms with Gasteiger partial charge in [0, 0.05) is 12.0 Å². The minimum atomic E-state index is 0.357. The van der Waals surface area contributed by atoms with Gasteiger partial charge in [0.1, 0.15) is 5.75 Å². The first-order valence-corrected chi connectivity index (χ1v) is 6.73. The summed E-state index contributed by atoms with van der Waals surface area (Å²) < 4.78 is 11.0. The van der Waals surface area contributed by atoms with E-state index in [1.54, 1.807) is 7.11 Å². The van der Waals surface area contributed by atoms with E-state index in [0.29, 0.717) is 18.1 Å². The van der Waals surface area contributed by atoms with Crippen LogP contribution in [0.5, 0.6) is 5.75 Å². The molecule has 3 atom stereocenters. The Kier molecular flexibility index (Phi) is 4.61. The average Bonchev–Trinajstić information content (AvgIpc) is 2.82. The highest BCUT2D eigenvalue weighted by atomic mass is 16.5. The topological polar surface area (TPSA) is 30.5 Å². The first-order valence-electron chi connectivity index (χ1n) is 6.73. The maximum absolute atomic E-state index is 5.70. The van der Waals surface area contributed by atoms with Gasteiger partial charge in [-0.15, -0.1) is 0 Å². The summed E-state index contributed by atoms with van der Waals surface area (Å²) >= 11 is 0. The van der Waals surface area contributed by atoms with Crippen molar-refractivity contribution in [3.8, 4) is 5.75 Å². The lowest BCUT2D eigenvalue weighted by Gasteiger charge is -2.24. The van der Waals surface area contributed by atoms with Gasteiger partial charge in [0.15, 0.2) is 0 Å². The molecule has 0 aliphatic carbocycles. The Hall–Kier alpha value is -1.06. The Bertz CT molecular complexity index is 381. The van der Waals surface area contributed by atoms with E-state index >= 15 is 0 Å². The lowest BCUT2D eigenvalue weighted by Crippen LogP contribution is -2.28. The van der Waals surface area contributed by atoms with Crippen LogP contribution in [0.15, 0.2) is 24.3 Å². The van der Waals surface area contributed by atoms with Crippen LogP contribution >= 0.6 is 0 Å². The molecule has 1 aliphatic rings. The molecule has 18 heavy (non-hydrogen) atoms. The minimum absolute atomic E-state index is 0.357. The Labute approximate surface area is 109 Å². The first kappa shape index (κ1) is 13.4. The van der Waals surface area contributed by atoms with Crippen LogP contribution in [0.4, 0.5) is 0 Å². The molecule has 0 aromatic heterocycles. The van der Waals surface area contributed by atoms with Crippen molar-refractivity contribution in [2.45, 2.75) is 32.4 Å². The molecule has 0 bridgehead atoms.